The number of thiocarbonyl (C=S) groups is 1. The monoisotopic (exact) mass is 476 g/mol. The molecule has 1 aliphatic heterocycles. The number of nitrogens with one attached hydrogen (secondary N) is 1. The summed E-state index contributed by atoms with van der Waals surface area (Å²) >= 11 is 11.8. The summed E-state index contributed by atoms with van der Waals surface area (Å²) in [6.07, 6.45) is 1.65. The number of benzene rings is 2. The number of rotatable bonds is 5. The Balaban J connectivity index is 1.59. The molecular weight excluding hydrogens is 456 g/mol. The van der Waals surface area contributed by atoms with Crippen molar-refractivity contribution in [1.29, 1.82) is 0 Å². The third-order valence-electron chi connectivity index (χ3n) is 5.66. The maximum absolute atomic E-state index is 6.03. The van der Waals surface area contributed by atoms with Crippen molar-refractivity contribution in [2.24, 2.45) is 0 Å². The topological polar surface area (TPSA) is 67.3 Å². The third kappa shape index (κ3) is 4.29. The average Bonchev–Trinajstić information content (AvgIpc) is 3.50. The van der Waals surface area contributed by atoms with Gasteiger partial charge in [0.05, 0.1) is 24.4 Å². The molecule has 2 aromatic carbocycles. The molecule has 1 aliphatic rings. The molecule has 1 N–H and O–H groups in total. The zero-order chi connectivity index (χ0) is 22.9. The van der Waals surface area contributed by atoms with E-state index in [4.69, 9.17) is 37.7 Å². The molecular formula is C25H21ClN4O2S. The molecule has 0 aliphatic carbocycles. The van der Waals surface area contributed by atoms with Crippen LogP contribution in [0.15, 0.2) is 81.6 Å². The highest BCUT2D eigenvalue weighted by Gasteiger charge is 2.34. The van der Waals surface area contributed by atoms with Crippen LogP contribution < -0.4 is 5.32 Å². The Bertz CT molecular complexity index is 1310. The molecule has 1 atom stereocenters. The lowest BCUT2D eigenvalue weighted by Crippen LogP contribution is -2.45. The van der Waals surface area contributed by atoms with E-state index in [1.807, 2.05) is 36.1 Å². The van der Waals surface area contributed by atoms with Crippen molar-refractivity contribution in [2.75, 3.05) is 0 Å². The van der Waals surface area contributed by atoms with Crippen LogP contribution in [0.1, 0.15) is 35.7 Å². The van der Waals surface area contributed by atoms with Crippen LogP contribution in [0.25, 0.3) is 17.0 Å². The maximum Gasteiger partial charge on any atom is 0.258 e. The van der Waals surface area contributed by atoms with Crippen molar-refractivity contribution >= 4 is 34.5 Å². The number of nitrogens with zero attached hydrogens (tertiary/aromatic N) is 3. The first kappa shape index (κ1) is 21.4. The van der Waals surface area contributed by atoms with Gasteiger partial charge >= 0.3 is 0 Å². The first-order valence-corrected chi connectivity index (χ1v) is 11.3. The molecule has 1 unspecified atom stereocenters. The van der Waals surface area contributed by atoms with Gasteiger partial charge in [-0.05, 0) is 68.0 Å². The van der Waals surface area contributed by atoms with Gasteiger partial charge in [0.15, 0.2) is 5.11 Å². The van der Waals surface area contributed by atoms with Gasteiger partial charge in [-0.2, -0.15) is 4.98 Å². The first-order valence-electron chi connectivity index (χ1n) is 10.5. The van der Waals surface area contributed by atoms with Gasteiger partial charge in [-0.25, -0.2) is 0 Å². The van der Waals surface area contributed by atoms with E-state index in [1.165, 1.54) is 5.56 Å². The van der Waals surface area contributed by atoms with E-state index >= 15 is 0 Å². The van der Waals surface area contributed by atoms with Gasteiger partial charge in [-0.1, -0.05) is 46.6 Å². The molecule has 0 saturated carbocycles. The van der Waals surface area contributed by atoms with Gasteiger partial charge < -0.3 is 19.2 Å². The Hall–Kier alpha value is -3.42. The molecule has 0 amide bonds. The van der Waals surface area contributed by atoms with E-state index in [0.29, 0.717) is 28.4 Å². The second-order valence-electron chi connectivity index (χ2n) is 7.89. The van der Waals surface area contributed by atoms with Crippen LogP contribution in [-0.2, 0) is 6.54 Å². The van der Waals surface area contributed by atoms with E-state index in [1.54, 1.807) is 18.4 Å². The van der Waals surface area contributed by atoms with Crippen LogP contribution in [0.2, 0.25) is 5.02 Å². The fraction of sp³-hybridized carbons (Fsp3) is 0.160. The van der Waals surface area contributed by atoms with Crippen molar-refractivity contribution < 1.29 is 8.94 Å². The molecule has 0 fully saturated rings. The normalized spacial score (nSPS) is 16.3. The summed E-state index contributed by atoms with van der Waals surface area (Å²) < 4.78 is 11.3. The summed E-state index contributed by atoms with van der Waals surface area (Å²) in [5.74, 6) is 1.73. The Kier molecular flexibility index (Phi) is 5.74. The van der Waals surface area contributed by atoms with Crippen LogP contribution in [-0.4, -0.2) is 20.2 Å². The summed E-state index contributed by atoms with van der Waals surface area (Å²) in [6.45, 7) is 4.57. The Morgan fingerprint density at radius 1 is 1.06 bits per heavy atom. The number of aryl methyl sites for hydroxylation is 1. The minimum Gasteiger partial charge on any atom is -0.467 e. The van der Waals surface area contributed by atoms with Crippen molar-refractivity contribution in [3.05, 3.63) is 100 Å². The Labute approximate surface area is 201 Å². The lowest BCUT2D eigenvalue weighted by atomic mass is 9.94. The molecule has 2 aromatic heterocycles. The van der Waals surface area contributed by atoms with Gasteiger partial charge in [0, 0.05) is 16.3 Å². The van der Waals surface area contributed by atoms with Crippen molar-refractivity contribution in [1.82, 2.24) is 20.4 Å². The van der Waals surface area contributed by atoms with Gasteiger partial charge in [0.25, 0.3) is 5.89 Å². The SMILES string of the molecule is CC1=C(c2nc(-c3ccc(Cl)cc3)no2)C(c2ccc(C)cc2)NC(=S)N1Cc1ccco1. The summed E-state index contributed by atoms with van der Waals surface area (Å²) in [7, 11) is 0. The van der Waals surface area contributed by atoms with E-state index in [0.717, 1.165) is 28.2 Å². The van der Waals surface area contributed by atoms with E-state index in [-0.39, 0.29) is 6.04 Å². The highest BCUT2D eigenvalue weighted by atomic mass is 35.5. The molecule has 33 heavy (non-hydrogen) atoms. The first-order chi connectivity index (χ1) is 16.0. The number of allylic oxidation sites excluding steroid dienone is 1. The lowest BCUT2D eigenvalue weighted by molar-refractivity contribution is 0.382. The lowest BCUT2D eigenvalue weighted by Gasteiger charge is -2.37. The van der Waals surface area contributed by atoms with E-state index < -0.39 is 0 Å². The quantitative estimate of drug-likeness (QED) is 0.346. The third-order valence-corrected chi connectivity index (χ3v) is 6.25. The smallest absolute Gasteiger partial charge is 0.258 e. The van der Waals surface area contributed by atoms with Crippen LogP contribution in [0, 0.1) is 6.92 Å². The molecule has 0 bridgehead atoms. The summed E-state index contributed by atoms with van der Waals surface area (Å²) in [6, 6.07) is 19.2. The molecule has 8 heteroatoms. The molecule has 6 nitrogen and oxygen atoms in total. The Morgan fingerprint density at radius 2 is 1.82 bits per heavy atom. The summed E-state index contributed by atoms with van der Waals surface area (Å²) in [5, 5.41) is 8.95. The molecule has 5 rings (SSSR count). The fourth-order valence-electron chi connectivity index (χ4n) is 3.87. The standard InChI is InChI=1S/C25H21ClN4O2S/c1-15-5-7-17(8-6-15)22-21(16(2)30(25(33)27-22)14-20-4-3-13-31-20)24-28-23(29-32-24)18-9-11-19(26)12-10-18/h3-13,22H,14H2,1-2H3,(H,27,33). The van der Waals surface area contributed by atoms with Crippen LogP contribution in [0.5, 0.6) is 0 Å². The van der Waals surface area contributed by atoms with Gasteiger partial charge in [0.2, 0.25) is 5.82 Å². The maximum atomic E-state index is 6.03. The average molecular weight is 477 g/mol. The predicted octanol–water partition coefficient (Wildman–Crippen LogP) is 6.15. The summed E-state index contributed by atoms with van der Waals surface area (Å²) in [4.78, 5) is 6.71. The molecule has 0 spiro atoms. The van der Waals surface area contributed by atoms with Gasteiger partial charge in [0.1, 0.15) is 5.76 Å². The van der Waals surface area contributed by atoms with Gasteiger partial charge in [-0.3, -0.25) is 0 Å². The highest BCUT2D eigenvalue weighted by molar-refractivity contribution is 7.80. The zero-order valence-corrected chi connectivity index (χ0v) is 19.7. The Morgan fingerprint density at radius 3 is 2.52 bits per heavy atom. The van der Waals surface area contributed by atoms with E-state index in [2.05, 4.69) is 41.7 Å². The zero-order valence-electron chi connectivity index (χ0n) is 18.1. The molecule has 3 heterocycles. The highest BCUT2D eigenvalue weighted by Crippen LogP contribution is 2.38. The second-order valence-corrected chi connectivity index (χ2v) is 8.71. The number of aromatic nitrogens is 2. The molecule has 0 radical (unpaired) electrons. The van der Waals surface area contributed by atoms with Crippen molar-refractivity contribution in [3.63, 3.8) is 0 Å². The molecule has 166 valence electrons. The summed E-state index contributed by atoms with van der Waals surface area (Å²) in [5.41, 5.74) is 4.85. The van der Waals surface area contributed by atoms with Crippen LogP contribution in [0.4, 0.5) is 0 Å². The van der Waals surface area contributed by atoms with Crippen LogP contribution in [0.3, 0.4) is 0 Å². The predicted molar refractivity (Wildman–Crippen MR) is 131 cm³/mol. The van der Waals surface area contributed by atoms with Crippen molar-refractivity contribution in [2.45, 2.75) is 26.4 Å². The minimum atomic E-state index is -0.232. The second kappa shape index (κ2) is 8.84. The minimum absolute atomic E-state index is 0.232. The fourth-order valence-corrected chi connectivity index (χ4v) is 4.31. The van der Waals surface area contributed by atoms with Gasteiger partial charge in [-0.15, -0.1) is 0 Å². The van der Waals surface area contributed by atoms with Crippen molar-refractivity contribution in [3.8, 4) is 11.4 Å². The van der Waals surface area contributed by atoms with E-state index in [9.17, 15) is 0 Å². The number of halogens is 1. The number of hydrogen-bond donors (Lipinski definition) is 1. The van der Waals surface area contributed by atoms with Crippen LogP contribution >= 0.6 is 23.8 Å². The largest absolute Gasteiger partial charge is 0.467 e. The molecule has 0 saturated heterocycles. The number of furan rings is 1. The molecule has 4 aromatic rings. The number of hydrogen-bond acceptors (Lipinski definition) is 5.